The molecule has 1 heterocycles. The molecule has 1 aromatic heterocycles. The van der Waals surface area contributed by atoms with Gasteiger partial charge in [0.1, 0.15) is 5.76 Å². The molecule has 0 saturated heterocycles. The molecule has 1 aliphatic rings. The number of carbonyl (C=O) groups is 1. The molecule has 2 aromatic rings. The Hall–Kier alpha value is -1.72. The predicted molar refractivity (Wildman–Crippen MR) is 83.1 cm³/mol. The standard InChI is InChI=1S/C16H18N2O2S/c1-10-13(8-15(20-10)16(19)18-17)9-21-14-6-5-11-3-2-4-12(11)7-14/h5-8H,2-4,9,17H2,1H3,(H,18,19). The monoisotopic (exact) mass is 302 g/mol. The fraction of sp³-hybridized carbons (Fsp3) is 0.312. The van der Waals surface area contributed by atoms with Crippen LogP contribution < -0.4 is 11.3 Å². The van der Waals surface area contributed by atoms with Crippen molar-refractivity contribution in [3.8, 4) is 0 Å². The van der Waals surface area contributed by atoms with Gasteiger partial charge in [-0.3, -0.25) is 10.2 Å². The zero-order valence-corrected chi connectivity index (χ0v) is 12.8. The number of thioether (sulfide) groups is 1. The van der Waals surface area contributed by atoms with E-state index in [0.717, 1.165) is 17.1 Å². The molecular weight excluding hydrogens is 284 g/mol. The number of benzene rings is 1. The van der Waals surface area contributed by atoms with Crippen LogP contribution >= 0.6 is 11.8 Å². The summed E-state index contributed by atoms with van der Waals surface area (Å²) in [4.78, 5) is 12.7. The van der Waals surface area contributed by atoms with Crippen LogP contribution in [0.2, 0.25) is 0 Å². The molecule has 3 rings (SSSR count). The largest absolute Gasteiger partial charge is 0.456 e. The van der Waals surface area contributed by atoms with E-state index < -0.39 is 5.91 Å². The van der Waals surface area contributed by atoms with Crippen molar-refractivity contribution >= 4 is 17.7 Å². The Morgan fingerprint density at radius 3 is 2.95 bits per heavy atom. The molecule has 1 aromatic carbocycles. The number of hydrogen-bond acceptors (Lipinski definition) is 4. The van der Waals surface area contributed by atoms with Gasteiger partial charge in [0.25, 0.3) is 0 Å². The predicted octanol–water partition coefficient (Wildman–Crippen LogP) is 2.97. The number of furan rings is 1. The fourth-order valence-corrected chi connectivity index (χ4v) is 3.64. The van der Waals surface area contributed by atoms with Crippen molar-refractivity contribution in [1.82, 2.24) is 5.43 Å². The Morgan fingerprint density at radius 1 is 1.33 bits per heavy atom. The fourth-order valence-electron chi connectivity index (χ4n) is 2.65. The van der Waals surface area contributed by atoms with Crippen LogP contribution in [0.1, 0.15) is 39.4 Å². The number of nitrogens with two attached hydrogens (primary N) is 1. The normalized spacial score (nSPS) is 13.2. The molecule has 0 unspecified atom stereocenters. The molecule has 0 saturated carbocycles. The number of fused-ring (bicyclic) bond motifs is 1. The molecule has 0 radical (unpaired) electrons. The number of amides is 1. The molecule has 0 bridgehead atoms. The highest BCUT2D eigenvalue weighted by molar-refractivity contribution is 7.98. The van der Waals surface area contributed by atoms with Crippen molar-refractivity contribution < 1.29 is 9.21 Å². The summed E-state index contributed by atoms with van der Waals surface area (Å²) in [6.45, 7) is 1.87. The van der Waals surface area contributed by atoms with Gasteiger partial charge in [-0.15, -0.1) is 11.8 Å². The van der Waals surface area contributed by atoms with E-state index in [9.17, 15) is 4.79 Å². The van der Waals surface area contributed by atoms with Crippen LogP contribution in [0, 0.1) is 6.92 Å². The Morgan fingerprint density at radius 2 is 2.14 bits per heavy atom. The highest BCUT2D eigenvalue weighted by Gasteiger charge is 2.14. The van der Waals surface area contributed by atoms with Crippen LogP contribution in [0.4, 0.5) is 0 Å². The summed E-state index contributed by atoms with van der Waals surface area (Å²) in [5.74, 6) is 6.53. The number of hydrazine groups is 1. The lowest BCUT2D eigenvalue weighted by atomic mass is 10.1. The molecule has 110 valence electrons. The first-order valence-corrected chi connectivity index (χ1v) is 8.01. The van der Waals surface area contributed by atoms with Crippen molar-refractivity contribution in [1.29, 1.82) is 0 Å². The van der Waals surface area contributed by atoms with Gasteiger partial charge < -0.3 is 4.42 Å². The van der Waals surface area contributed by atoms with Gasteiger partial charge in [0, 0.05) is 16.2 Å². The third kappa shape index (κ3) is 2.99. The van der Waals surface area contributed by atoms with E-state index >= 15 is 0 Å². The molecule has 1 amide bonds. The molecule has 4 nitrogen and oxygen atoms in total. The van der Waals surface area contributed by atoms with Crippen LogP contribution in [-0.4, -0.2) is 5.91 Å². The number of hydrogen-bond donors (Lipinski definition) is 2. The Kier molecular flexibility index (Phi) is 4.03. The second-order valence-electron chi connectivity index (χ2n) is 5.24. The van der Waals surface area contributed by atoms with Gasteiger partial charge in [-0.1, -0.05) is 6.07 Å². The Labute approximate surface area is 128 Å². The third-order valence-corrected chi connectivity index (χ3v) is 4.88. The van der Waals surface area contributed by atoms with Crippen LogP contribution in [0.15, 0.2) is 33.6 Å². The molecule has 3 N–H and O–H groups in total. The maximum atomic E-state index is 11.4. The van der Waals surface area contributed by atoms with Crippen molar-refractivity contribution in [3.63, 3.8) is 0 Å². The Bertz CT molecular complexity index is 679. The first kappa shape index (κ1) is 14.2. The van der Waals surface area contributed by atoms with Gasteiger partial charge in [-0.25, -0.2) is 5.84 Å². The van der Waals surface area contributed by atoms with E-state index in [1.807, 2.05) is 6.92 Å². The van der Waals surface area contributed by atoms with Gasteiger partial charge in [0.05, 0.1) is 0 Å². The van der Waals surface area contributed by atoms with Crippen molar-refractivity contribution in [3.05, 3.63) is 52.5 Å². The number of nitrogen functional groups attached to an aromatic ring is 1. The molecule has 0 fully saturated rings. The van der Waals surface area contributed by atoms with Crippen LogP contribution in [-0.2, 0) is 18.6 Å². The molecule has 5 heteroatoms. The van der Waals surface area contributed by atoms with Crippen molar-refractivity contribution in [2.45, 2.75) is 36.8 Å². The summed E-state index contributed by atoms with van der Waals surface area (Å²) < 4.78 is 5.42. The minimum atomic E-state index is -0.396. The first-order chi connectivity index (χ1) is 10.2. The summed E-state index contributed by atoms with van der Waals surface area (Å²) in [5, 5.41) is 0. The summed E-state index contributed by atoms with van der Waals surface area (Å²) in [6, 6.07) is 8.46. The van der Waals surface area contributed by atoms with Gasteiger partial charge >= 0.3 is 5.91 Å². The Balaban J connectivity index is 1.70. The van der Waals surface area contributed by atoms with Crippen LogP contribution in [0.5, 0.6) is 0 Å². The third-order valence-electron chi connectivity index (χ3n) is 3.84. The second kappa shape index (κ2) is 5.95. The van der Waals surface area contributed by atoms with E-state index in [-0.39, 0.29) is 5.76 Å². The maximum absolute atomic E-state index is 11.4. The highest BCUT2D eigenvalue weighted by Crippen LogP contribution is 2.30. The van der Waals surface area contributed by atoms with Gasteiger partial charge in [-0.05, 0) is 55.5 Å². The van der Waals surface area contributed by atoms with E-state index in [2.05, 4.69) is 23.6 Å². The van der Waals surface area contributed by atoms with E-state index in [1.165, 1.54) is 35.3 Å². The average molecular weight is 302 g/mol. The molecule has 0 atom stereocenters. The molecule has 0 spiro atoms. The second-order valence-corrected chi connectivity index (χ2v) is 6.29. The smallest absolute Gasteiger partial charge is 0.300 e. The number of nitrogens with one attached hydrogen (secondary N) is 1. The van der Waals surface area contributed by atoms with Crippen molar-refractivity contribution in [2.24, 2.45) is 5.84 Å². The average Bonchev–Trinajstić information content (AvgIpc) is 3.10. The molecule has 21 heavy (non-hydrogen) atoms. The summed E-state index contributed by atoms with van der Waals surface area (Å²) in [5.41, 5.74) is 6.08. The zero-order chi connectivity index (χ0) is 14.8. The summed E-state index contributed by atoms with van der Waals surface area (Å²) in [7, 11) is 0. The quantitative estimate of drug-likeness (QED) is 0.394. The van der Waals surface area contributed by atoms with Gasteiger partial charge in [0.15, 0.2) is 5.76 Å². The topological polar surface area (TPSA) is 68.3 Å². The summed E-state index contributed by atoms with van der Waals surface area (Å²) in [6.07, 6.45) is 3.66. The van der Waals surface area contributed by atoms with Gasteiger partial charge in [-0.2, -0.15) is 0 Å². The van der Waals surface area contributed by atoms with Gasteiger partial charge in [0.2, 0.25) is 0 Å². The zero-order valence-electron chi connectivity index (χ0n) is 11.9. The lowest BCUT2D eigenvalue weighted by Crippen LogP contribution is -2.29. The summed E-state index contributed by atoms with van der Waals surface area (Å²) >= 11 is 1.76. The highest BCUT2D eigenvalue weighted by atomic mass is 32.2. The van der Waals surface area contributed by atoms with E-state index in [0.29, 0.717) is 0 Å². The number of carbonyl (C=O) groups excluding carboxylic acids is 1. The molecule has 1 aliphatic carbocycles. The van der Waals surface area contributed by atoms with Crippen LogP contribution in [0.25, 0.3) is 0 Å². The molecule has 0 aliphatic heterocycles. The molecular formula is C16H18N2O2S. The maximum Gasteiger partial charge on any atom is 0.300 e. The SMILES string of the molecule is Cc1oc(C(=O)NN)cc1CSc1ccc2c(c1)CCC2. The van der Waals surface area contributed by atoms with Crippen LogP contribution in [0.3, 0.4) is 0 Å². The van der Waals surface area contributed by atoms with E-state index in [1.54, 1.807) is 17.8 Å². The lowest BCUT2D eigenvalue weighted by molar-refractivity contribution is 0.0924. The lowest BCUT2D eigenvalue weighted by Gasteiger charge is -2.04. The minimum absolute atomic E-state index is 0.263. The first-order valence-electron chi connectivity index (χ1n) is 7.02. The van der Waals surface area contributed by atoms with Crippen molar-refractivity contribution in [2.75, 3.05) is 0 Å². The number of rotatable bonds is 4. The van der Waals surface area contributed by atoms with E-state index in [4.69, 9.17) is 10.3 Å². The minimum Gasteiger partial charge on any atom is -0.456 e. The number of aryl methyl sites for hydroxylation is 3.